The molecule has 24 heavy (non-hydrogen) atoms. The maximum Gasteiger partial charge on any atom is 0.490 e. The largest absolute Gasteiger partial charge is 0.490 e. The Morgan fingerprint density at radius 3 is 2.54 bits per heavy atom. The molecule has 1 saturated heterocycles. The van der Waals surface area contributed by atoms with Crippen LogP contribution in [-0.4, -0.2) is 65.7 Å². The summed E-state index contributed by atoms with van der Waals surface area (Å²) in [5.74, 6) is -1.95. The van der Waals surface area contributed by atoms with Gasteiger partial charge in [-0.05, 0) is 18.9 Å². The van der Waals surface area contributed by atoms with E-state index < -0.39 is 12.1 Å². The van der Waals surface area contributed by atoms with E-state index in [9.17, 15) is 13.2 Å². The first-order valence-corrected chi connectivity index (χ1v) is 7.32. The number of morpholine rings is 1. The first-order chi connectivity index (χ1) is 11.3. The molecule has 0 radical (unpaired) electrons. The van der Waals surface area contributed by atoms with Crippen LogP contribution in [0.2, 0.25) is 0 Å². The molecule has 0 unspecified atom stereocenters. The Labute approximate surface area is 136 Å². The predicted octanol–water partition coefficient (Wildman–Crippen LogP) is 1.49. The summed E-state index contributed by atoms with van der Waals surface area (Å²) in [7, 11) is 1.76. The van der Waals surface area contributed by atoms with Crippen LogP contribution in [0.1, 0.15) is 12.8 Å². The fraction of sp³-hybridized carbons (Fsp3) is 0.643. The molecule has 1 aliphatic heterocycles. The molecule has 3 atom stereocenters. The lowest BCUT2D eigenvalue weighted by molar-refractivity contribution is -0.192. The molecule has 1 aliphatic carbocycles. The van der Waals surface area contributed by atoms with E-state index in [-0.39, 0.29) is 12.2 Å². The van der Waals surface area contributed by atoms with Gasteiger partial charge in [0.15, 0.2) is 0 Å². The summed E-state index contributed by atoms with van der Waals surface area (Å²) in [6, 6.07) is 2.20. The van der Waals surface area contributed by atoms with Gasteiger partial charge in [0, 0.05) is 26.0 Å². The number of carboxylic acids is 1. The zero-order chi connectivity index (χ0) is 17.7. The van der Waals surface area contributed by atoms with Crippen LogP contribution >= 0.6 is 0 Å². The molecular formula is C14H18F3N3O4. The number of halogens is 3. The molecule has 2 aliphatic rings. The molecular weight excluding hydrogens is 331 g/mol. The lowest BCUT2D eigenvalue weighted by Crippen LogP contribution is -2.52. The number of aliphatic carboxylic acids is 1. The van der Waals surface area contributed by atoms with Crippen molar-refractivity contribution in [3.05, 3.63) is 18.5 Å². The Morgan fingerprint density at radius 1 is 1.38 bits per heavy atom. The summed E-state index contributed by atoms with van der Waals surface area (Å²) in [5, 5.41) is 7.12. The Kier molecular flexibility index (Phi) is 5.94. The standard InChI is InChI=1S/C12H17N3O2.C2HF3O2/c1-16-10-4-3-9-11(10)17-8-7-15(9)12-13-5-2-6-14-12;3-2(4,5)1(6)7/h2,5-6,9-11H,3-4,7-8H2,1H3;(H,6,7)/t9-,10+,11+;/m0./s1. The van der Waals surface area contributed by atoms with E-state index in [0.29, 0.717) is 6.04 Å². The van der Waals surface area contributed by atoms with E-state index in [4.69, 9.17) is 19.4 Å². The second kappa shape index (κ2) is 7.75. The number of nitrogens with zero attached hydrogens (tertiary/aromatic N) is 3. The quantitative estimate of drug-likeness (QED) is 0.866. The number of carbonyl (C=O) groups is 1. The molecule has 2 heterocycles. The molecule has 0 spiro atoms. The molecule has 0 amide bonds. The molecule has 134 valence electrons. The summed E-state index contributed by atoms with van der Waals surface area (Å²) < 4.78 is 43.0. The summed E-state index contributed by atoms with van der Waals surface area (Å²) >= 11 is 0. The van der Waals surface area contributed by atoms with Crippen LogP contribution in [-0.2, 0) is 14.3 Å². The zero-order valence-electron chi connectivity index (χ0n) is 12.9. The number of alkyl halides is 3. The van der Waals surface area contributed by atoms with E-state index in [2.05, 4.69) is 14.9 Å². The van der Waals surface area contributed by atoms with Crippen molar-refractivity contribution in [1.29, 1.82) is 0 Å². The first kappa shape index (κ1) is 18.4. The average molecular weight is 349 g/mol. The molecule has 10 heteroatoms. The maximum atomic E-state index is 10.6. The summed E-state index contributed by atoms with van der Waals surface area (Å²) in [6.45, 7) is 1.58. The van der Waals surface area contributed by atoms with Crippen LogP contribution in [0.5, 0.6) is 0 Å². The van der Waals surface area contributed by atoms with E-state index in [1.165, 1.54) is 0 Å². The van der Waals surface area contributed by atoms with Crippen LogP contribution in [0.4, 0.5) is 19.1 Å². The van der Waals surface area contributed by atoms with Gasteiger partial charge < -0.3 is 19.5 Å². The third-order valence-electron chi connectivity index (χ3n) is 3.89. The van der Waals surface area contributed by atoms with E-state index in [1.807, 2.05) is 6.07 Å². The van der Waals surface area contributed by atoms with Gasteiger partial charge in [0.25, 0.3) is 0 Å². The number of hydrogen-bond donors (Lipinski definition) is 1. The molecule has 7 nitrogen and oxygen atoms in total. The molecule has 1 N–H and O–H groups in total. The normalized spacial score (nSPS) is 26.3. The predicted molar refractivity (Wildman–Crippen MR) is 76.6 cm³/mol. The number of ether oxygens (including phenoxy) is 2. The third kappa shape index (κ3) is 4.32. The lowest BCUT2D eigenvalue weighted by atomic mass is 10.1. The second-order valence-corrected chi connectivity index (χ2v) is 5.30. The Balaban J connectivity index is 0.000000256. The second-order valence-electron chi connectivity index (χ2n) is 5.30. The van der Waals surface area contributed by atoms with Gasteiger partial charge in [0.05, 0.1) is 18.8 Å². The SMILES string of the molecule is CO[C@@H]1CC[C@H]2[C@H]1OCCN2c1ncccn1.O=C(O)C(F)(F)F. The van der Waals surface area contributed by atoms with Crippen LogP contribution in [0, 0.1) is 0 Å². The van der Waals surface area contributed by atoms with Crippen LogP contribution in [0.15, 0.2) is 18.5 Å². The number of hydrogen-bond acceptors (Lipinski definition) is 6. The van der Waals surface area contributed by atoms with Gasteiger partial charge in [-0.2, -0.15) is 13.2 Å². The number of aromatic nitrogens is 2. The minimum atomic E-state index is -5.08. The van der Waals surface area contributed by atoms with Crippen molar-refractivity contribution in [3.63, 3.8) is 0 Å². The summed E-state index contributed by atoms with van der Waals surface area (Å²) in [5.41, 5.74) is 0. The van der Waals surface area contributed by atoms with Crippen molar-refractivity contribution in [2.24, 2.45) is 0 Å². The number of anilines is 1. The van der Waals surface area contributed by atoms with Gasteiger partial charge in [-0.1, -0.05) is 0 Å². The highest BCUT2D eigenvalue weighted by atomic mass is 19.4. The Hall–Kier alpha value is -1.94. The highest BCUT2D eigenvalue weighted by Crippen LogP contribution is 2.33. The first-order valence-electron chi connectivity index (χ1n) is 7.32. The monoisotopic (exact) mass is 349 g/mol. The number of methoxy groups -OCH3 is 1. The van der Waals surface area contributed by atoms with Gasteiger partial charge >= 0.3 is 12.1 Å². The zero-order valence-corrected chi connectivity index (χ0v) is 12.9. The van der Waals surface area contributed by atoms with Gasteiger partial charge in [0.1, 0.15) is 6.10 Å². The van der Waals surface area contributed by atoms with E-state index in [1.54, 1.807) is 19.5 Å². The topological polar surface area (TPSA) is 84.8 Å². The van der Waals surface area contributed by atoms with Crippen LogP contribution in [0.25, 0.3) is 0 Å². The van der Waals surface area contributed by atoms with Gasteiger partial charge in [0.2, 0.25) is 5.95 Å². The van der Waals surface area contributed by atoms with Crippen molar-refractivity contribution >= 4 is 11.9 Å². The number of rotatable bonds is 2. The minimum Gasteiger partial charge on any atom is -0.475 e. The molecule has 1 saturated carbocycles. The highest BCUT2D eigenvalue weighted by Gasteiger charge is 2.43. The fourth-order valence-electron chi connectivity index (χ4n) is 2.86. The molecule has 2 fully saturated rings. The minimum absolute atomic E-state index is 0.164. The van der Waals surface area contributed by atoms with Crippen molar-refractivity contribution in [2.45, 2.75) is 37.3 Å². The molecule has 1 aromatic heterocycles. The van der Waals surface area contributed by atoms with Gasteiger partial charge in [-0.25, -0.2) is 14.8 Å². The lowest BCUT2D eigenvalue weighted by Gasteiger charge is -2.38. The van der Waals surface area contributed by atoms with Crippen LogP contribution in [0.3, 0.4) is 0 Å². The third-order valence-corrected chi connectivity index (χ3v) is 3.89. The highest BCUT2D eigenvalue weighted by molar-refractivity contribution is 5.73. The van der Waals surface area contributed by atoms with Crippen LogP contribution < -0.4 is 4.90 Å². The number of carboxylic acid groups (broad SMARTS) is 1. The molecule has 0 aromatic carbocycles. The molecule has 3 rings (SSSR count). The average Bonchev–Trinajstić information content (AvgIpc) is 2.98. The summed E-state index contributed by atoms with van der Waals surface area (Å²) in [4.78, 5) is 19.8. The van der Waals surface area contributed by atoms with E-state index in [0.717, 1.165) is 31.9 Å². The Bertz CT molecular complexity index is 544. The fourth-order valence-corrected chi connectivity index (χ4v) is 2.86. The summed E-state index contributed by atoms with van der Waals surface area (Å²) in [6.07, 6.45) is 1.01. The Morgan fingerprint density at radius 2 is 2.00 bits per heavy atom. The maximum absolute atomic E-state index is 10.6. The van der Waals surface area contributed by atoms with Crippen molar-refractivity contribution in [1.82, 2.24) is 9.97 Å². The number of fused-ring (bicyclic) bond motifs is 1. The molecule has 1 aromatic rings. The van der Waals surface area contributed by atoms with Crippen molar-refractivity contribution in [2.75, 3.05) is 25.2 Å². The van der Waals surface area contributed by atoms with Crippen molar-refractivity contribution < 1.29 is 32.5 Å². The van der Waals surface area contributed by atoms with Gasteiger partial charge in [-0.15, -0.1) is 0 Å². The van der Waals surface area contributed by atoms with Crippen molar-refractivity contribution in [3.8, 4) is 0 Å². The molecule has 0 bridgehead atoms. The van der Waals surface area contributed by atoms with Gasteiger partial charge in [-0.3, -0.25) is 0 Å². The smallest absolute Gasteiger partial charge is 0.475 e. The van der Waals surface area contributed by atoms with E-state index >= 15 is 0 Å².